The van der Waals surface area contributed by atoms with Crippen LogP contribution in [-0.4, -0.2) is 54.7 Å². The third kappa shape index (κ3) is 2.16. The molecule has 0 N–H and O–H groups in total. The van der Waals surface area contributed by atoms with Crippen LogP contribution in [0, 0.1) is 5.92 Å². The van der Waals surface area contributed by atoms with Gasteiger partial charge >= 0.3 is 0 Å². The van der Waals surface area contributed by atoms with Crippen molar-refractivity contribution in [3.8, 4) is 0 Å². The number of rotatable bonds is 1. The van der Waals surface area contributed by atoms with Crippen LogP contribution in [0.4, 0.5) is 0 Å². The molecule has 0 spiro atoms. The van der Waals surface area contributed by atoms with Crippen molar-refractivity contribution in [3.05, 3.63) is 35.4 Å². The molecule has 4 heteroatoms. The van der Waals surface area contributed by atoms with E-state index in [9.17, 15) is 9.59 Å². The molecule has 1 atom stereocenters. The summed E-state index contributed by atoms with van der Waals surface area (Å²) in [4.78, 5) is 28.8. The molecule has 1 amide bonds. The molecule has 3 rings (SSSR count). The zero-order valence-electron chi connectivity index (χ0n) is 11.1. The Bertz CT molecular complexity index is 519. The summed E-state index contributed by atoms with van der Waals surface area (Å²) in [5, 5.41) is 0. The number of nitrogens with zero attached hydrogens (tertiary/aromatic N) is 2. The molecule has 0 aromatic heterocycles. The van der Waals surface area contributed by atoms with Gasteiger partial charge in [0.15, 0.2) is 5.78 Å². The minimum Gasteiger partial charge on any atom is -0.339 e. The number of hydrogen-bond donors (Lipinski definition) is 0. The first-order valence-electron chi connectivity index (χ1n) is 6.76. The highest BCUT2D eigenvalue weighted by Gasteiger charge is 2.38. The number of carbonyl (C=O) groups is 2. The topological polar surface area (TPSA) is 40.6 Å². The second-order valence-electron chi connectivity index (χ2n) is 5.41. The molecule has 0 saturated carbocycles. The Hall–Kier alpha value is -1.68. The van der Waals surface area contributed by atoms with Crippen molar-refractivity contribution in [2.45, 2.75) is 6.42 Å². The lowest BCUT2D eigenvalue weighted by Gasteiger charge is -2.33. The van der Waals surface area contributed by atoms with E-state index in [0.29, 0.717) is 6.42 Å². The van der Waals surface area contributed by atoms with Gasteiger partial charge in [-0.3, -0.25) is 9.59 Å². The van der Waals surface area contributed by atoms with E-state index < -0.39 is 5.92 Å². The van der Waals surface area contributed by atoms with E-state index in [0.717, 1.165) is 37.3 Å². The molecule has 1 unspecified atom stereocenters. The van der Waals surface area contributed by atoms with Gasteiger partial charge in [0.05, 0.1) is 0 Å². The van der Waals surface area contributed by atoms with Crippen molar-refractivity contribution in [1.29, 1.82) is 0 Å². The van der Waals surface area contributed by atoms with Gasteiger partial charge in [-0.25, -0.2) is 0 Å². The zero-order chi connectivity index (χ0) is 13.4. The number of piperazine rings is 1. The summed E-state index contributed by atoms with van der Waals surface area (Å²) in [6, 6.07) is 7.56. The predicted molar refractivity (Wildman–Crippen MR) is 72.0 cm³/mol. The summed E-state index contributed by atoms with van der Waals surface area (Å²) in [5.41, 5.74) is 1.75. The van der Waals surface area contributed by atoms with E-state index in [2.05, 4.69) is 11.9 Å². The summed E-state index contributed by atoms with van der Waals surface area (Å²) in [7, 11) is 2.05. The average molecular weight is 258 g/mol. The lowest BCUT2D eigenvalue weighted by Crippen LogP contribution is -2.49. The molecule has 0 radical (unpaired) electrons. The van der Waals surface area contributed by atoms with Gasteiger partial charge in [0, 0.05) is 31.7 Å². The monoisotopic (exact) mass is 258 g/mol. The van der Waals surface area contributed by atoms with Crippen molar-refractivity contribution in [1.82, 2.24) is 9.80 Å². The second kappa shape index (κ2) is 4.78. The Morgan fingerprint density at radius 2 is 1.84 bits per heavy atom. The Morgan fingerprint density at radius 3 is 2.53 bits per heavy atom. The number of amides is 1. The van der Waals surface area contributed by atoms with E-state index in [1.54, 1.807) is 0 Å². The van der Waals surface area contributed by atoms with Crippen molar-refractivity contribution in [2.75, 3.05) is 33.2 Å². The van der Waals surface area contributed by atoms with Crippen LogP contribution < -0.4 is 0 Å². The van der Waals surface area contributed by atoms with Gasteiger partial charge in [-0.2, -0.15) is 0 Å². The second-order valence-corrected chi connectivity index (χ2v) is 5.41. The Balaban J connectivity index is 1.75. The lowest BCUT2D eigenvalue weighted by atomic mass is 10.0. The first-order valence-corrected chi connectivity index (χ1v) is 6.76. The third-order valence-corrected chi connectivity index (χ3v) is 4.14. The minimum absolute atomic E-state index is 0.000437. The van der Waals surface area contributed by atoms with Crippen LogP contribution in [0.2, 0.25) is 0 Å². The van der Waals surface area contributed by atoms with Crippen molar-refractivity contribution in [2.24, 2.45) is 5.92 Å². The Kier molecular flexibility index (Phi) is 3.11. The Morgan fingerprint density at radius 1 is 1.16 bits per heavy atom. The normalized spacial score (nSPS) is 23.5. The maximum absolute atomic E-state index is 12.5. The molecule has 1 aliphatic heterocycles. The largest absolute Gasteiger partial charge is 0.339 e. The number of carbonyl (C=O) groups excluding carboxylic acids is 2. The summed E-state index contributed by atoms with van der Waals surface area (Å²) in [5.74, 6) is -0.477. The van der Waals surface area contributed by atoms with Crippen LogP contribution in [0.5, 0.6) is 0 Å². The number of hydrogen-bond acceptors (Lipinski definition) is 3. The quantitative estimate of drug-likeness (QED) is 0.700. The third-order valence-electron chi connectivity index (χ3n) is 4.14. The number of fused-ring (bicyclic) bond motifs is 1. The fourth-order valence-electron chi connectivity index (χ4n) is 2.89. The molecule has 1 aromatic carbocycles. The summed E-state index contributed by atoms with van der Waals surface area (Å²) in [6.07, 6.45) is 0.570. The van der Waals surface area contributed by atoms with E-state index in [4.69, 9.17) is 0 Å². The fourth-order valence-corrected chi connectivity index (χ4v) is 2.89. The highest BCUT2D eigenvalue weighted by atomic mass is 16.2. The molecule has 1 saturated heterocycles. The average Bonchev–Trinajstić information content (AvgIpc) is 2.77. The van der Waals surface area contributed by atoms with Gasteiger partial charge in [0.2, 0.25) is 5.91 Å². The molecule has 1 aliphatic carbocycles. The number of likely N-dealkylation sites (N-methyl/N-ethyl adjacent to an activating group) is 1. The van der Waals surface area contributed by atoms with Crippen LogP contribution in [0.15, 0.2) is 24.3 Å². The molecular formula is C15H18N2O2. The van der Waals surface area contributed by atoms with Crippen LogP contribution in [0.25, 0.3) is 0 Å². The van der Waals surface area contributed by atoms with Gasteiger partial charge in [-0.1, -0.05) is 24.3 Å². The van der Waals surface area contributed by atoms with E-state index in [1.807, 2.05) is 29.2 Å². The smallest absolute Gasteiger partial charge is 0.233 e. The minimum atomic E-state index is -0.485. The molecule has 19 heavy (non-hydrogen) atoms. The van der Waals surface area contributed by atoms with Gasteiger partial charge in [-0.05, 0) is 19.0 Å². The molecule has 1 fully saturated rings. The standard InChI is InChI=1S/C15H18N2O2/c1-16-6-8-17(9-7-16)15(19)13-10-11-4-2-3-5-12(11)14(13)18/h2-5,13H,6-10H2,1H3. The summed E-state index contributed by atoms with van der Waals surface area (Å²) >= 11 is 0. The molecule has 4 nitrogen and oxygen atoms in total. The van der Waals surface area contributed by atoms with E-state index in [1.165, 1.54) is 0 Å². The Labute approximate surface area is 113 Å². The summed E-state index contributed by atoms with van der Waals surface area (Å²) in [6.45, 7) is 3.24. The first kappa shape index (κ1) is 12.4. The highest BCUT2D eigenvalue weighted by Crippen LogP contribution is 2.28. The van der Waals surface area contributed by atoms with Gasteiger partial charge in [0.1, 0.15) is 5.92 Å². The molecule has 2 aliphatic rings. The summed E-state index contributed by atoms with van der Waals surface area (Å²) < 4.78 is 0. The molecule has 1 aromatic rings. The molecule has 0 bridgehead atoms. The van der Waals surface area contributed by atoms with Crippen molar-refractivity contribution in [3.63, 3.8) is 0 Å². The van der Waals surface area contributed by atoms with Gasteiger partial charge in [-0.15, -0.1) is 0 Å². The van der Waals surface area contributed by atoms with Crippen LogP contribution in [0.1, 0.15) is 15.9 Å². The van der Waals surface area contributed by atoms with Crippen LogP contribution in [0.3, 0.4) is 0 Å². The molecule has 100 valence electrons. The van der Waals surface area contributed by atoms with Gasteiger partial charge < -0.3 is 9.80 Å². The predicted octanol–water partition coefficient (Wildman–Crippen LogP) is 0.816. The van der Waals surface area contributed by atoms with E-state index >= 15 is 0 Å². The van der Waals surface area contributed by atoms with Crippen LogP contribution in [-0.2, 0) is 11.2 Å². The fraction of sp³-hybridized carbons (Fsp3) is 0.467. The number of Topliss-reactive ketones (excluding diaryl/α,β-unsaturated/α-hetero) is 1. The van der Waals surface area contributed by atoms with Crippen molar-refractivity contribution < 1.29 is 9.59 Å². The first-order chi connectivity index (χ1) is 9.16. The SMILES string of the molecule is CN1CCN(C(=O)C2Cc3ccccc3C2=O)CC1. The maximum atomic E-state index is 12.5. The maximum Gasteiger partial charge on any atom is 0.233 e. The highest BCUT2D eigenvalue weighted by molar-refractivity contribution is 6.13. The van der Waals surface area contributed by atoms with Crippen LogP contribution >= 0.6 is 0 Å². The zero-order valence-corrected chi connectivity index (χ0v) is 11.1. The number of ketones is 1. The lowest BCUT2D eigenvalue weighted by molar-refractivity contribution is -0.135. The van der Waals surface area contributed by atoms with E-state index in [-0.39, 0.29) is 11.7 Å². The molecular weight excluding hydrogens is 240 g/mol. The van der Waals surface area contributed by atoms with Gasteiger partial charge in [0.25, 0.3) is 0 Å². The van der Waals surface area contributed by atoms with Crippen molar-refractivity contribution >= 4 is 11.7 Å². The molecule has 1 heterocycles. The number of benzene rings is 1.